The number of anilines is 1. The summed E-state index contributed by atoms with van der Waals surface area (Å²) in [6, 6.07) is 14.7. The molecule has 6 nitrogen and oxygen atoms in total. The quantitative estimate of drug-likeness (QED) is 0.619. The van der Waals surface area contributed by atoms with Crippen molar-refractivity contribution in [2.75, 3.05) is 24.3 Å². The predicted octanol–water partition coefficient (Wildman–Crippen LogP) is 3.12. The number of ether oxygens (including phenoxy) is 3. The Hall–Kier alpha value is -2.67. The highest BCUT2D eigenvalue weighted by Gasteiger charge is 2.19. The normalized spacial score (nSPS) is 13.6. The highest BCUT2D eigenvalue weighted by molar-refractivity contribution is 8.00. The number of benzene rings is 2. The molecular weight excluding hydrogens is 354 g/mol. The minimum Gasteiger partial charge on any atom is -0.486 e. The molecule has 1 heterocycles. The smallest absolute Gasteiger partial charge is 0.317 e. The number of rotatable bonds is 6. The van der Waals surface area contributed by atoms with Crippen molar-refractivity contribution in [3.05, 3.63) is 48.5 Å². The second-order valence-corrected chi connectivity index (χ2v) is 6.63. The molecule has 1 aliphatic rings. The van der Waals surface area contributed by atoms with Gasteiger partial charge in [0.1, 0.15) is 13.2 Å². The number of hydrogen-bond acceptors (Lipinski definition) is 6. The molecular formula is C19H19NO5S. The molecule has 0 radical (unpaired) electrons. The molecule has 1 aliphatic heterocycles. The van der Waals surface area contributed by atoms with E-state index in [1.807, 2.05) is 30.3 Å². The molecule has 0 saturated carbocycles. The van der Waals surface area contributed by atoms with Crippen molar-refractivity contribution < 1.29 is 23.8 Å². The number of hydrogen-bond donors (Lipinski definition) is 1. The van der Waals surface area contributed by atoms with Crippen LogP contribution in [0.5, 0.6) is 11.5 Å². The van der Waals surface area contributed by atoms with E-state index >= 15 is 0 Å². The topological polar surface area (TPSA) is 73.9 Å². The minimum absolute atomic E-state index is 0.145. The highest BCUT2D eigenvalue weighted by Crippen LogP contribution is 2.32. The van der Waals surface area contributed by atoms with Crippen LogP contribution in [0.1, 0.15) is 6.92 Å². The van der Waals surface area contributed by atoms with Gasteiger partial charge in [-0.2, -0.15) is 0 Å². The molecule has 0 aromatic heterocycles. The lowest BCUT2D eigenvalue weighted by atomic mass is 10.2. The second-order valence-electron chi connectivity index (χ2n) is 5.58. The van der Waals surface area contributed by atoms with Gasteiger partial charge in [-0.15, -0.1) is 11.8 Å². The summed E-state index contributed by atoms with van der Waals surface area (Å²) in [4.78, 5) is 25.1. The summed E-state index contributed by atoms with van der Waals surface area (Å²) in [7, 11) is 0. The SMILES string of the molecule is C[C@H](OC(=O)CSc1ccccc1)C(=O)Nc1ccc2c(c1)OCCO2. The molecule has 0 saturated heterocycles. The third kappa shape index (κ3) is 4.92. The first kappa shape index (κ1) is 18.1. The molecule has 2 aromatic carbocycles. The van der Waals surface area contributed by atoms with Crippen LogP contribution in [0.3, 0.4) is 0 Å². The van der Waals surface area contributed by atoms with E-state index in [2.05, 4.69) is 5.32 Å². The standard InChI is InChI=1S/C19H19NO5S/c1-13(25-18(21)12-26-15-5-3-2-4-6-15)19(22)20-14-7-8-16-17(11-14)24-10-9-23-16/h2-8,11,13H,9-10,12H2,1H3,(H,20,22)/t13-/m0/s1. The van der Waals surface area contributed by atoms with Gasteiger partial charge in [0.2, 0.25) is 0 Å². The predicted molar refractivity (Wildman–Crippen MR) is 98.8 cm³/mol. The van der Waals surface area contributed by atoms with Crippen molar-refractivity contribution >= 4 is 29.3 Å². The number of carbonyl (C=O) groups is 2. The number of carbonyl (C=O) groups excluding carboxylic acids is 2. The highest BCUT2D eigenvalue weighted by atomic mass is 32.2. The summed E-state index contributed by atoms with van der Waals surface area (Å²) >= 11 is 1.36. The number of thioether (sulfide) groups is 1. The fourth-order valence-corrected chi connectivity index (χ4v) is 3.01. The van der Waals surface area contributed by atoms with Crippen LogP contribution < -0.4 is 14.8 Å². The fraction of sp³-hybridized carbons (Fsp3) is 0.263. The van der Waals surface area contributed by atoms with E-state index in [1.54, 1.807) is 25.1 Å². The van der Waals surface area contributed by atoms with Gasteiger partial charge in [-0.1, -0.05) is 18.2 Å². The van der Waals surface area contributed by atoms with E-state index in [9.17, 15) is 9.59 Å². The largest absolute Gasteiger partial charge is 0.486 e. The zero-order valence-corrected chi connectivity index (χ0v) is 15.1. The van der Waals surface area contributed by atoms with Crippen molar-refractivity contribution in [2.45, 2.75) is 17.9 Å². The third-order valence-corrected chi connectivity index (χ3v) is 4.57. The summed E-state index contributed by atoms with van der Waals surface area (Å²) in [6.45, 7) is 2.52. The van der Waals surface area contributed by atoms with Crippen LogP contribution in [0.25, 0.3) is 0 Å². The zero-order valence-electron chi connectivity index (χ0n) is 14.3. The Labute approximate surface area is 155 Å². The van der Waals surface area contributed by atoms with Crippen LogP contribution in [-0.2, 0) is 14.3 Å². The number of nitrogens with one attached hydrogen (secondary N) is 1. The van der Waals surface area contributed by atoms with Crippen LogP contribution in [0, 0.1) is 0 Å². The van der Waals surface area contributed by atoms with Crippen LogP contribution >= 0.6 is 11.8 Å². The van der Waals surface area contributed by atoms with Gasteiger partial charge in [-0.3, -0.25) is 9.59 Å². The Bertz CT molecular complexity index is 781. The van der Waals surface area contributed by atoms with Crippen LogP contribution in [-0.4, -0.2) is 36.9 Å². The molecule has 136 valence electrons. The van der Waals surface area contributed by atoms with E-state index in [1.165, 1.54) is 11.8 Å². The maximum absolute atomic E-state index is 12.2. The van der Waals surface area contributed by atoms with Crippen molar-refractivity contribution in [3.8, 4) is 11.5 Å². The Morgan fingerprint density at radius 1 is 1.12 bits per heavy atom. The van der Waals surface area contributed by atoms with E-state index in [0.29, 0.717) is 30.4 Å². The third-order valence-electron chi connectivity index (χ3n) is 3.59. The van der Waals surface area contributed by atoms with Crippen LogP contribution in [0.2, 0.25) is 0 Å². The van der Waals surface area contributed by atoms with Gasteiger partial charge in [0.05, 0.1) is 5.75 Å². The lowest BCUT2D eigenvalue weighted by Gasteiger charge is -2.19. The summed E-state index contributed by atoms with van der Waals surface area (Å²) in [5.41, 5.74) is 0.556. The molecule has 0 aliphatic carbocycles. The van der Waals surface area contributed by atoms with Crippen molar-refractivity contribution in [1.29, 1.82) is 0 Å². The first-order valence-electron chi connectivity index (χ1n) is 8.19. The van der Waals surface area contributed by atoms with Gasteiger partial charge in [0, 0.05) is 16.6 Å². The van der Waals surface area contributed by atoms with Crippen molar-refractivity contribution in [3.63, 3.8) is 0 Å². The maximum Gasteiger partial charge on any atom is 0.317 e. The average Bonchev–Trinajstić information content (AvgIpc) is 2.67. The Kier molecular flexibility index (Phi) is 6.01. The average molecular weight is 373 g/mol. The summed E-state index contributed by atoms with van der Waals surface area (Å²) in [5, 5.41) is 2.71. The van der Waals surface area contributed by atoms with E-state index in [-0.39, 0.29) is 5.75 Å². The van der Waals surface area contributed by atoms with E-state index in [4.69, 9.17) is 14.2 Å². The van der Waals surface area contributed by atoms with Crippen molar-refractivity contribution in [1.82, 2.24) is 0 Å². The maximum atomic E-state index is 12.2. The Morgan fingerprint density at radius 2 is 1.85 bits per heavy atom. The molecule has 7 heteroatoms. The Balaban J connectivity index is 1.49. The molecule has 0 fully saturated rings. The molecule has 0 bridgehead atoms. The van der Waals surface area contributed by atoms with Gasteiger partial charge in [0.25, 0.3) is 5.91 Å². The molecule has 1 amide bonds. The lowest BCUT2D eigenvalue weighted by Crippen LogP contribution is -2.30. The van der Waals surface area contributed by atoms with Crippen LogP contribution in [0.4, 0.5) is 5.69 Å². The van der Waals surface area contributed by atoms with Crippen molar-refractivity contribution in [2.24, 2.45) is 0 Å². The van der Waals surface area contributed by atoms with E-state index in [0.717, 1.165) is 4.90 Å². The van der Waals surface area contributed by atoms with Gasteiger partial charge in [-0.25, -0.2) is 0 Å². The first-order chi connectivity index (χ1) is 12.6. The molecule has 3 rings (SSSR count). The molecule has 26 heavy (non-hydrogen) atoms. The van der Waals surface area contributed by atoms with Crippen LogP contribution in [0.15, 0.2) is 53.4 Å². The number of amides is 1. The number of fused-ring (bicyclic) bond motifs is 1. The monoisotopic (exact) mass is 373 g/mol. The minimum atomic E-state index is -0.896. The molecule has 0 unspecified atom stereocenters. The summed E-state index contributed by atoms with van der Waals surface area (Å²) < 4.78 is 16.1. The molecule has 1 N–H and O–H groups in total. The fourth-order valence-electron chi connectivity index (χ4n) is 2.31. The zero-order chi connectivity index (χ0) is 18.4. The second kappa shape index (κ2) is 8.62. The molecule has 0 spiro atoms. The van der Waals surface area contributed by atoms with Gasteiger partial charge in [-0.05, 0) is 31.2 Å². The van der Waals surface area contributed by atoms with Gasteiger partial charge < -0.3 is 19.5 Å². The van der Waals surface area contributed by atoms with Gasteiger partial charge in [0.15, 0.2) is 17.6 Å². The van der Waals surface area contributed by atoms with E-state index < -0.39 is 18.0 Å². The molecule has 1 atom stereocenters. The summed E-state index contributed by atoms with van der Waals surface area (Å²) in [5.74, 6) is 0.527. The summed E-state index contributed by atoms with van der Waals surface area (Å²) in [6.07, 6.45) is -0.896. The Morgan fingerprint density at radius 3 is 2.62 bits per heavy atom. The lowest BCUT2D eigenvalue weighted by molar-refractivity contribution is -0.150. The van der Waals surface area contributed by atoms with Gasteiger partial charge >= 0.3 is 5.97 Å². The first-order valence-corrected chi connectivity index (χ1v) is 9.18. The molecule has 2 aromatic rings. The number of esters is 1.